The van der Waals surface area contributed by atoms with Gasteiger partial charge in [0.2, 0.25) is 17.6 Å². The largest absolute Gasteiger partial charge is 0.471 e. The number of rotatable bonds is 6. The van der Waals surface area contributed by atoms with Gasteiger partial charge in [0.05, 0.1) is 18.0 Å². The summed E-state index contributed by atoms with van der Waals surface area (Å²) in [6.07, 6.45) is -4.70. The van der Waals surface area contributed by atoms with E-state index in [1.165, 1.54) is 6.92 Å². The number of alkyl halides is 3. The number of aromatic nitrogens is 2. The van der Waals surface area contributed by atoms with Gasteiger partial charge in [0, 0.05) is 17.8 Å². The van der Waals surface area contributed by atoms with Crippen LogP contribution in [0.15, 0.2) is 16.7 Å². The first-order chi connectivity index (χ1) is 12.1. The number of nitrogens with zero attached hydrogens (tertiary/aromatic N) is 3. The van der Waals surface area contributed by atoms with E-state index in [9.17, 15) is 22.8 Å². The minimum atomic E-state index is -4.70. The molecule has 0 aliphatic rings. The molecule has 0 unspecified atom stereocenters. The Hall–Kier alpha value is -2.43. The standard InChI is InChI=1S/C15H17F3N4O3S/c1-8(2)22(12(24)6-19-9(3)23)7-10-4-5-11(26-10)13-20-14(25-21-13)15(16,17)18/h4-5,8H,6-7H2,1-3H3,(H,19,23). The van der Waals surface area contributed by atoms with Gasteiger partial charge in [-0.25, -0.2) is 0 Å². The first kappa shape index (κ1) is 19.9. The van der Waals surface area contributed by atoms with Gasteiger partial charge in [0.1, 0.15) is 0 Å². The summed E-state index contributed by atoms with van der Waals surface area (Å²) in [5.41, 5.74) is 0. The summed E-state index contributed by atoms with van der Waals surface area (Å²) in [4.78, 5) is 29.2. The number of nitrogens with one attached hydrogen (secondary N) is 1. The van der Waals surface area contributed by atoms with Gasteiger partial charge in [0.25, 0.3) is 0 Å². The number of thiophene rings is 1. The second kappa shape index (κ2) is 7.85. The first-order valence-electron chi connectivity index (χ1n) is 7.62. The van der Waals surface area contributed by atoms with E-state index < -0.39 is 12.1 Å². The SMILES string of the molecule is CC(=O)NCC(=O)N(Cc1ccc(-c2noc(C(F)(F)F)n2)s1)C(C)C. The Morgan fingerprint density at radius 2 is 2.04 bits per heavy atom. The van der Waals surface area contributed by atoms with Crippen LogP contribution in [0.4, 0.5) is 13.2 Å². The van der Waals surface area contributed by atoms with Gasteiger partial charge >= 0.3 is 12.1 Å². The maximum Gasteiger partial charge on any atom is 0.471 e. The second-order valence-corrected chi connectivity index (χ2v) is 6.88. The number of hydrogen-bond donors (Lipinski definition) is 1. The quantitative estimate of drug-likeness (QED) is 0.819. The number of carbonyl (C=O) groups excluding carboxylic acids is 2. The molecular formula is C15H17F3N4O3S. The molecule has 2 amide bonds. The molecule has 26 heavy (non-hydrogen) atoms. The van der Waals surface area contributed by atoms with Crippen molar-refractivity contribution in [2.45, 2.75) is 39.5 Å². The van der Waals surface area contributed by atoms with Crippen molar-refractivity contribution >= 4 is 23.2 Å². The van der Waals surface area contributed by atoms with Crippen molar-refractivity contribution in [3.63, 3.8) is 0 Å². The predicted octanol–water partition coefficient (Wildman–Crippen LogP) is 2.69. The normalized spacial score (nSPS) is 11.7. The molecule has 0 saturated heterocycles. The molecule has 0 aliphatic carbocycles. The molecule has 0 atom stereocenters. The molecule has 11 heteroatoms. The highest BCUT2D eigenvalue weighted by Crippen LogP contribution is 2.32. The number of carbonyl (C=O) groups is 2. The fraction of sp³-hybridized carbons (Fsp3) is 0.467. The van der Waals surface area contributed by atoms with Crippen LogP contribution in [0.3, 0.4) is 0 Å². The predicted molar refractivity (Wildman–Crippen MR) is 87.0 cm³/mol. The summed E-state index contributed by atoms with van der Waals surface area (Å²) in [6, 6.07) is 3.13. The van der Waals surface area contributed by atoms with E-state index in [4.69, 9.17) is 0 Å². The maximum atomic E-state index is 12.5. The number of hydrogen-bond acceptors (Lipinski definition) is 6. The lowest BCUT2D eigenvalue weighted by molar-refractivity contribution is -0.159. The van der Waals surface area contributed by atoms with E-state index in [1.54, 1.807) is 17.0 Å². The molecule has 0 aromatic carbocycles. The summed E-state index contributed by atoms with van der Waals surface area (Å²) in [5, 5.41) is 5.79. The highest BCUT2D eigenvalue weighted by atomic mass is 32.1. The van der Waals surface area contributed by atoms with Gasteiger partial charge in [0.15, 0.2) is 0 Å². The van der Waals surface area contributed by atoms with Crippen molar-refractivity contribution in [3.05, 3.63) is 22.9 Å². The Morgan fingerprint density at radius 1 is 1.35 bits per heavy atom. The van der Waals surface area contributed by atoms with Crippen LogP contribution in [0, 0.1) is 0 Å². The van der Waals surface area contributed by atoms with E-state index in [-0.39, 0.29) is 36.8 Å². The van der Waals surface area contributed by atoms with Crippen molar-refractivity contribution < 1.29 is 27.3 Å². The van der Waals surface area contributed by atoms with Crippen molar-refractivity contribution in [3.8, 4) is 10.7 Å². The second-order valence-electron chi connectivity index (χ2n) is 5.71. The van der Waals surface area contributed by atoms with Crippen molar-refractivity contribution in [2.75, 3.05) is 6.54 Å². The lowest BCUT2D eigenvalue weighted by atomic mass is 10.3. The van der Waals surface area contributed by atoms with Gasteiger partial charge in [-0.1, -0.05) is 5.16 Å². The molecule has 0 bridgehead atoms. The Balaban J connectivity index is 2.11. The summed E-state index contributed by atoms with van der Waals surface area (Å²) in [7, 11) is 0. The monoisotopic (exact) mass is 390 g/mol. The van der Waals surface area contributed by atoms with Crippen LogP contribution in [0.2, 0.25) is 0 Å². The van der Waals surface area contributed by atoms with Gasteiger partial charge < -0.3 is 14.7 Å². The van der Waals surface area contributed by atoms with Crippen LogP contribution in [-0.4, -0.2) is 39.4 Å². The fourth-order valence-corrected chi connectivity index (χ4v) is 2.98. The van der Waals surface area contributed by atoms with E-state index in [0.29, 0.717) is 4.88 Å². The Kier molecular flexibility index (Phi) is 6.01. The molecule has 0 radical (unpaired) electrons. The van der Waals surface area contributed by atoms with Crippen molar-refractivity contribution in [1.29, 1.82) is 0 Å². The fourth-order valence-electron chi connectivity index (χ4n) is 2.05. The van der Waals surface area contributed by atoms with Crippen molar-refractivity contribution in [2.24, 2.45) is 0 Å². The van der Waals surface area contributed by atoms with E-state index in [0.717, 1.165) is 16.2 Å². The zero-order valence-electron chi connectivity index (χ0n) is 14.3. The Bertz CT molecular complexity index is 785. The third-order valence-corrected chi connectivity index (χ3v) is 4.37. The summed E-state index contributed by atoms with van der Waals surface area (Å²) >= 11 is 1.16. The molecular weight excluding hydrogens is 373 g/mol. The van der Waals surface area contributed by atoms with Crippen LogP contribution >= 0.6 is 11.3 Å². The molecule has 0 saturated carbocycles. The number of amides is 2. The molecule has 2 heterocycles. The molecule has 7 nitrogen and oxygen atoms in total. The molecule has 1 N–H and O–H groups in total. The van der Waals surface area contributed by atoms with Gasteiger partial charge in [-0.2, -0.15) is 18.2 Å². The lowest BCUT2D eigenvalue weighted by Gasteiger charge is -2.26. The highest BCUT2D eigenvalue weighted by molar-refractivity contribution is 7.15. The van der Waals surface area contributed by atoms with Crippen LogP contribution in [0.1, 0.15) is 31.5 Å². The van der Waals surface area contributed by atoms with Gasteiger partial charge in [-0.05, 0) is 26.0 Å². The third kappa shape index (κ3) is 5.04. The highest BCUT2D eigenvalue weighted by Gasteiger charge is 2.38. The molecule has 0 spiro atoms. The molecule has 2 aromatic heterocycles. The van der Waals surface area contributed by atoms with Crippen LogP contribution < -0.4 is 5.32 Å². The van der Waals surface area contributed by atoms with E-state index in [1.807, 2.05) is 13.8 Å². The maximum absolute atomic E-state index is 12.5. The Labute approximate surface area is 151 Å². The molecule has 2 rings (SSSR count). The summed E-state index contributed by atoms with van der Waals surface area (Å²) in [5.74, 6) is -2.13. The smallest absolute Gasteiger partial charge is 0.347 e. The zero-order chi connectivity index (χ0) is 19.5. The van der Waals surface area contributed by atoms with Gasteiger partial charge in [-0.15, -0.1) is 11.3 Å². The van der Waals surface area contributed by atoms with Crippen LogP contribution in [0.5, 0.6) is 0 Å². The lowest BCUT2D eigenvalue weighted by Crippen LogP contribution is -2.42. The van der Waals surface area contributed by atoms with E-state index in [2.05, 4.69) is 20.0 Å². The zero-order valence-corrected chi connectivity index (χ0v) is 15.1. The summed E-state index contributed by atoms with van der Waals surface area (Å²) < 4.78 is 41.8. The van der Waals surface area contributed by atoms with E-state index >= 15 is 0 Å². The molecule has 0 fully saturated rings. The molecule has 0 aliphatic heterocycles. The Morgan fingerprint density at radius 3 is 2.58 bits per heavy atom. The molecule has 142 valence electrons. The van der Waals surface area contributed by atoms with Crippen LogP contribution in [0.25, 0.3) is 10.7 Å². The topological polar surface area (TPSA) is 88.3 Å². The van der Waals surface area contributed by atoms with Crippen LogP contribution in [-0.2, 0) is 22.3 Å². The summed E-state index contributed by atoms with van der Waals surface area (Å²) in [6.45, 7) is 5.11. The average Bonchev–Trinajstić information content (AvgIpc) is 3.18. The van der Waals surface area contributed by atoms with Crippen molar-refractivity contribution in [1.82, 2.24) is 20.4 Å². The molecule has 2 aromatic rings. The number of halogens is 3. The minimum absolute atomic E-state index is 0.120. The average molecular weight is 390 g/mol. The third-order valence-electron chi connectivity index (χ3n) is 3.31. The van der Waals surface area contributed by atoms with Gasteiger partial charge in [-0.3, -0.25) is 9.59 Å². The first-order valence-corrected chi connectivity index (χ1v) is 8.43. The minimum Gasteiger partial charge on any atom is -0.347 e.